The van der Waals surface area contributed by atoms with Gasteiger partial charge in [0.05, 0.1) is 22.8 Å². The number of nitrogens with zero attached hydrogens (tertiary/aromatic N) is 2. The average Bonchev–Trinajstić information content (AvgIpc) is 3.41. The van der Waals surface area contributed by atoms with Gasteiger partial charge >= 0.3 is 31.5 Å². The number of nitrogens with one attached hydrogen (secondary N) is 2. The second kappa shape index (κ2) is 7.89. The minimum absolute atomic E-state index is 0.939. The molecule has 3 aromatic heterocycles. The van der Waals surface area contributed by atoms with Crippen molar-refractivity contribution >= 4 is 46.4 Å². The van der Waals surface area contributed by atoms with Gasteiger partial charge in [0.1, 0.15) is 0 Å². The molecule has 0 aliphatic carbocycles. The molecule has 0 spiro atoms. The first-order chi connectivity index (χ1) is 13.2. The van der Waals surface area contributed by atoms with Crippen LogP contribution in [0.4, 0.5) is 0 Å². The summed E-state index contributed by atoms with van der Waals surface area (Å²) in [6.45, 7) is 2.11. The molecule has 0 saturated carbocycles. The van der Waals surface area contributed by atoms with Gasteiger partial charge in [-0.3, -0.25) is 0 Å². The molecule has 3 aromatic rings. The van der Waals surface area contributed by atoms with E-state index in [0.717, 1.165) is 44.8 Å². The summed E-state index contributed by atoms with van der Waals surface area (Å²) in [5, 5.41) is 0. The third kappa shape index (κ3) is 4.34. The molecular weight excluding hydrogens is 515 g/mol. The van der Waals surface area contributed by atoms with Gasteiger partial charge in [0.15, 0.2) is 0 Å². The Labute approximate surface area is 169 Å². The Balaban J connectivity index is 0.000000565. The number of rotatable bonds is 0. The fourth-order valence-corrected chi connectivity index (χ4v) is 2.94. The molecule has 5 heteroatoms. The maximum absolute atomic E-state index is 4.63. The van der Waals surface area contributed by atoms with Gasteiger partial charge in [-0.05, 0) is 72.8 Å². The zero-order chi connectivity index (χ0) is 18.6. The summed E-state index contributed by atoms with van der Waals surface area (Å²) in [7, 11) is 0. The van der Waals surface area contributed by atoms with Crippen LogP contribution in [-0.4, -0.2) is 19.9 Å². The summed E-state index contributed by atoms with van der Waals surface area (Å²) in [5.41, 5.74) is 7.86. The first kappa shape index (κ1) is 17.7. The first-order valence-electron chi connectivity index (χ1n) is 8.78. The van der Waals surface area contributed by atoms with Crippen LogP contribution in [0.3, 0.4) is 0 Å². The topological polar surface area (TPSA) is 57.4 Å². The van der Waals surface area contributed by atoms with Crippen LogP contribution in [0.15, 0.2) is 48.5 Å². The van der Waals surface area contributed by atoms with Crippen molar-refractivity contribution in [2.75, 3.05) is 0 Å². The predicted molar refractivity (Wildman–Crippen MR) is 109 cm³/mol. The zero-order valence-electron chi connectivity index (χ0n) is 14.8. The van der Waals surface area contributed by atoms with Gasteiger partial charge in [-0.15, -0.1) is 0 Å². The number of aromatic nitrogens is 4. The Morgan fingerprint density at radius 1 is 0.630 bits per heavy atom. The Morgan fingerprint density at radius 2 is 0.889 bits per heavy atom. The summed E-state index contributed by atoms with van der Waals surface area (Å²) in [6.07, 6.45) is 8.09. The SMILES string of the molecule is C1=Cc2cc3ccc(cc4nc(cc5ccc(cc1n2)[nH]5)C=C4)[nH]3.C[CH2][Pt]. The van der Waals surface area contributed by atoms with E-state index in [-0.39, 0.29) is 0 Å². The van der Waals surface area contributed by atoms with Crippen LogP contribution in [0.25, 0.3) is 46.4 Å². The predicted octanol–water partition coefficient (Wildman–Crippen LogP) is 5.63. The summed E-state index contributed by atoms with van der Waals surface area (Å²) in [5.74, 6) is 0. The molecule has 0 radical (unpaired) electrons. The molecule has 0 amide bonds. The van der Waals surface area contributed by atoms with Crippen molar-refractivity contribution in [3.63, 3.8) is 0 Å². The van der Waals surface area contributed by atoms with E-state index in [1.54, 1.807) is 0 Å². The van der Waals surface area contributed by atoms with Gasteiger partial charge in [0.25, 0.3) is 0 Å². The van der Waals surface area contributed by atoms with Crippen LogP contribution in [0.5, 0.6) is 0 Å². The molecule has 8 bridgehead atoms. The normalized spacial score (nSPS) is 12.0. The van der Waals surface area contributed by atoms with E-state index in [1.807, 2.05) is 48.6 Å². The molecular formula is C22H19N4Pt. The molecule has 0 aromatic carbocycles. The Morgan fingerprint density at radius 3 is 1.15 bits per heavy atom. The number of H-pyrrole nitrogens is 2. The van der Waals surface area contributed by atoms with Gasteiger partial charge in [0.2, 0.25) is 0 Å². The molecule has 0 saturated heterocycles. The molecule has 2 aliphatic rings. The van der Waals surface area contributed by atoms with Crippen molar-refractivity contribution in [3.05, 3.63) is 71.3 Å². The van der Waals surface area contributed by atoms with Crippen LogP contribution in [0, 0.1) is 0 Å². The molecule has 2 aliphatic heterocycles. The van der Waals surface area contributed by atoms with Crippen LogP contribution in [0.2, 0.25) is 4.81 Å². The van der Waals surface area contributed by atoms with Crippen LogP contribution >= 0.6 is 0 Å². The summed E-state index contributed by atoms with van der Waals surface area (Å²) >= 11 is 2.28. The second-order valence-electron chi connectivity index (χ2n) is 6.13. The van der Waals surface area contributed by atoms with Gasteiger partial charge in [-0.25, -0.2) is 9.97 Å². The Hall–Kier alpha value is -2.71. The van der Waals surface area contributed by atoms with Crippen molar-refractivity contribution in [2.24, 2.45) is 0 Å². The molecule has 0 atom stereocenters. The van der Waals surface area contributed by atoms with Crippen molar-refractivity contribution in [1.29, 1.82) is 0 Å². The second-order valence-corrected chi connectivity index (χ2v) is 7.74. The number of hydrogen-bond acceptors (Lipinski definition) is 2. The number of hydrogen-bond donors (Lipinski definition) is 2. The average molecular weight is 534 g/mol. The van der Waals surface area contributed by atoms with Crippen LogP contribution < -0.4 is 0 Å². The van der Waals surface area contributed by atoms with E-state index in [9.17, 15) is 0 Å². The third-order valence-electron chi connectivity index (χ3n) is 4.04. The van der Waals surface area contributed by atoms with Gasteiger partial charge in [-0.1, -0.05) is 0 Å². The van der Waals surface area contributed by atoms with E-state index in [2.05, 4.69) is 70.9 Å². The Bertz CT molecular complexity index is 1010. The summed E-state index contributed by atoms with van der Waals surface area (Å²) in [6, 6.07) is 16.4. The zero-order valence-corrected chi connectivity index (χ0v) is 17.1. The standard InChI is InChI=1S/C20H14N4.C2H5.Pt/c1-2-14-10-16-5-6-18(23-16)12-20-8-7-19(24-20)11-17-4-3-15(22-17)9-13(1)21-14;1-2;/h1-12,21,24H;1H2,2H3;. The Kier molecular flexibility index (Phi) is 5.17. The van der Waals surface area contributed by atoms with Crippen LogP contribution in [-0.2, 0) is 19.8 Å². The molecule has 0 unspecified atom stereocenters. The van der Waals surface area contributed by atoms with Gasteiger partial charge < -0.3 is 9.97 Å². The van der Waals surface area contributed by atoms with Crippen molar-refractivity contribution < 1.29 is 19.8 Å². The fourth-order valence-electron chi connectivity index (χ4n) is 2.94. The molecule has 0 fully saturated rings. The van der Waals surface area contributed by atoms with E-state index < -0.39 is 0 Å². The molecule has 2 N–H and O–H groups in total. The molecule has 5 heterocycles. The van der Waals surface area contributed by atoms with Crippen molar-refractivity contribution in [2.45, 2.75) is 11.7 Å². The molecule has 5 rings (SSSR count). The molecule has 27 heavy (non-hydrogen) atoms. The molecule has 137 valence electrons. The van der Waals surface area contributed by atoms with E-state index >= 15 is 0 Å². The minimum atomic E-state index is 0.939. The van der Waals surface area contributed by atoms with E-state index in [4.69, 9.17) is 0 Å². The van der Waals surface area contributed by atoms with Crippen LogP contribution in [0.1, 0.15) is 29.7 Å². The molecule has 4 nitrogen and oxygen atoms in total. The van der Waals surface area contributed by atoms with Crippen molar-refractivity contribution in [1.82, 2.24) is 19.9 Å². The van der Waals surface area contributed by atoms with Gasteiger partial charge in [-0.2, -0.15) is 0 Å². The first-order valence-corrected chi connectivity index (χ1v) is 10.4. The van der Waals surface area contributed by atoms with E-state index in [0.29, 0.717) is 0 Å². The summed E-state index contributed by atoms with van der Waals surface area (Å²) < 4.78 is 0. The number of fused-ring (bicyclic) bond motifs is 8. The monoisotopic (exact) mass is 534 g/mol. The maximum atomic E-state index is 4.63. The third-order valence-corrected chi connectivity index (χ3v) is 4.04. The van der Waals surface area contributed by atoms with E-state index in [1.165, 1.54) is 4.81 Å². The fraction of sp³-hybridized carbons (Fsp3) is 0.0909. The van der Waals surface area contributed by atoms with Crippen molar-refractivity contribution in [3.8, 4) is 0 Å². The number of aromatic amines is 2. The summed E-state index contributed by atoms with van der Waals surface area (Å²) in [4.78, 5) is 17.2. The quantitative estimate of drug-likeness (QED) is 0.271. The van der Waals surface area contributed by atoms with Gasteiger partial charge in [0, 0.05) is 22.1 Å².